The molecule has 2 unspecified atom stereocenters. The average molecular weight is 343 g/mol. The molecular weight excluding hydrogens is 318 g/mol. The first-order valence-electron chi connectivity index (χ1n) is 8.57. The molecule has 6 heteroatoms. The lowest BCUT2D eigenvalue weighted by Crippen LogP contribution is -2.45. The van der Waals surface area contributed by atoms with E-state index in [1.54, 1.807) is 19.1 Å². The van der Waals surface area contributed by atoms with Crippen LogP contribution in [0.15, 0.2) is 35.5 Å². The van der Waals surface area contributed by atoms with Gasteiger partial charge in [-0.05, 0) is 30.5 Å². The van der Waals surface area contributed by atoms with Crippen molar-refractivity contribution in [3.8, 4) is 5.75 Å². The molecule has 0 spiro atoms. The van der Waals surface area contributed by atoms with Crippen LogP contribution in [0.5, 0.6) is 5.75 Å². The fraction of sp³-hybridized carbons (Fsp3) is 0.474. The highest BCUT2D eigenvalue weighted by molar-refractivity contribution is 6.01. The van der Waals surface area contributed by atoms with Gasteiger partial charge in [0.1, 0.15) is 5.75 Å². The molecule has 1 aromatic rings. The van der Waals surface area contributed by atoms with Crippen LogP contribution < -0.4 is 10.1 Å². The minimum absolute atomic E-state index is 0.00358. The minimum atomic E-state index is -0.429. The van der Waals surface area contributed by atoms with Crippen molar-refractivity contribution in [2.45, 2.75) is 32.9 Å². The van der Waals surface area contributed by atoms with E-state index in [1.165, 1.54) is 0 Å². The van der Waals surface area contributed by atoms with Crippen LogP contribution in [0.3, 0.4) is 0 Å². The molecule has 0 radical (unpaired) electrons. The molecule has 1 aromatic carbocycles. The van der Waals surface area contributed by atoms with Crippen molar-refractivity contribution in [2.24, 2.45) is 5.92 Å². The first-order valence-corrected chi connectivity index (χ1v) is 8.57. The van der Waals surface area contributed by atoms with Crippen molar-refractivity contribution in [3.63, 3.8) is 0 Å². The van der Waals surface area contributed by atoms with Gasteiger partial charge in [-0.25, -0.2) is 4.79 Å². The summed E-state index contributed by atoms with van der Waals surface area (Å²) < 4.78 is 5.19. The second kappa shape index (κ2) is 6.43. The summed E-state index contributed by atoms with van der Waals surface area (Å²) >= 11 is 0. The van der Waals surface area contributed by atoms with Crippen molar-refractivity contribution < 1.29 is 14.3 Å². The minimum Gasteiger partial charge on any atom is -0.497 e. The zero-order chi connectivity index (χ0) is 18.3. The number of carbonyl (C=O) groups is 2. The molecule has 2 aliphatic heterocycles. The van der Waals surface area contributed by atoms with E-state index >= 15 is 0 Å². The summed E-state index contributed by atoms with van der Waals surface area (Å²) in [6.07, 6.45) is 0. The van der Waals surface area contributed by atoms with Crippen molar-refractivity contribution in [3.05, 3.63) is 41.1 Å². The molecule has 134 valence electrons. The molecule has 2 aliphatic rings. The van der Waals surface area contributed by atoms with Gasteiger partial charge in [0.2, 0.25) is 0 Å². The van der Waals surface area contributed by atoms with E-state index < -0.39 is 6.04 Å². The Kier molecular flexibility index (Phi) is 4.45. The molecule has 0 saturated carbocycles. The predicted octanol–water partition coefficient (Wildman–Crippen LogP) is 2.53. The summed E-state index contributed by atoms with van der Waals surface area (Å²) in [6, 6.07) is 6.95. The summed E-state index contributed by atoms with van der Waals surface area (Å²) in [5.41, 5.74) is 2.34. The molecule has 6 nitrogen and oxygen atoms in total. The quantitative estimate of drug-likeness (QED) is 0.914. The Morgan fingerprint density at radius 3 is 2.36 bits per heavy atom. The lowest BCUT2D eigenvalue weighted by molar-refractivity contribution is -0.128. The smallest absolute Gasteiger partial charge is 0.322 e. The number of amides is 3. The number of hydrogen-bond donors (Lipinski definition) is 1. The maximum Gasteiger partial charge on any atom is 0.322 e. The molecule has 25 heavy (non-hydrogen) atoms. The number of carbonyl (C=O) groups excluding carboxylic acids is 2. The zero-order valence-corrected chi connectivity index (χ0v) is 15.4. The van der Waals surface area contributed by atoms with Crippen molar-refractivity contribution >= 4 is 11.9 Å². The van der Waals surface area contributed by atoms with E-state index in [1.807, 2.05) is 29.2 Å². The Morgan fingerprint density at radius 2 is 1.80 bits per heavy atom. The predicted molar refractivity (Wildman–Crippen MR) is 95.1 cm³/mol. The molecule has 1 N–H and O–H groups in total. The van der Waals surface area contributed by atoms with Crippen molar-refractivity contribution in [1.29, 1.82) is 0 Å². The summed E-state index contributed by atoms with van der Waals surface area (Å²) in [4.78, 5) is 28.9. The third kappa shape index (κ3) is 2.86. The number of methoxy groups -OCH3 is 1. The Hall–Kier alpha value is -2.50. The Bertz CT molecular complexity index is 724. The van der Waals surface area contributed by atoms with E-state index in [0.29, 0.717) is 18.0 Å². The van der Waals surface area contributed by atoms with Gasteiger partial charge in [-0.3, -0.25) is 9.69 Å². The summed E-state index contributed by atoms with van der Waals surface area (Å²) in [5.74, 6) is 1.09. The van der Waals surface area contributed by atoms with Crippen LogP contribution in [0, 0.1) is 5.92 Å². The van der Waals surface area contributed by atoms with Crippen LogP contribution in [0.25, 0.3) is 0 Å². The molecule has 2 heterocycles. The second-order valence-electron chi connectivity index (χ2n) is 6.99. The van der Waals surface area contributed by atoms with E-state index in [9.17, 15) is 9.59 Å². The maximum atomic E-state index is 13.1. The van der Waals surface area contributed by atoms with E-state index in [2.05, 4.69) is 26.1 Å². The van der Waals surface area contributed by atoms with Crippen molar-refractivity contribution in [2.75, 3.05) is 20.7 Å². The molecule has 2 atom stereocenters. The van der Waals surface area contributed by atoms with Gasteiger partial charge in [-0.15, -0.1) is 0 Å². The van der Waals surface area contributed by atoms with Gasteiger partial charge >= 0.3 is 6.03 Å². The van der Waals surface area contributed by atoms with Gasteiger partial charge in [0.15, 0.2) is 0 Å². The van der Waals surface area contributed by atoms with E-state index in [4.69, 9.17) is 4.74 Å². The number of hydrogen-bond acceptors (Lipinski definition) is 3. The van der Waals surface area contributed by atoms with Gasteiger partial charge in [-0.2, -0.15) is 0 Å². The standard InChI is InChI=1S/C19H25N3O3/c1-11(2)12(3)22-10-15-16(18(22)23)17(20-19(24)21(15)4)13-6-8-14(25-5)9-7-13/h6-9,11-12,17H,10H2,1-5H3,(H,20,24). The van der Waals surface area contributed by atoms with Crippen LogP contribution >= 0.6 is 0 Å². The summed E-state index contributed by atoms with van der Waals surface area (Å²) in [5, 5.41) is 2.95. The molecule has 0 aromatic heterocycles. The molecule has 3 rings (SSSR count). The lowest BCUT2D eigenvalue weighted by atomic mass is 9.95. The number of nitrogens with one attached hydrogen (secondary N) is 1. The summed E-state index contributed by atoms with van der Waals surface area (Å²) in [6.45, 7) is 6.73. The number of ether oxygens (including phenoxy) is 1. The van der Waals surface area contributed by atoms with Gasteiger partial charge in [-0.1, -0.05) is 26.0 Å². The largest absolute Gasteiger partial charge is 0.497 e. The first kappa shape index (κ1) is 17.3. The molecule has 0 fully saturated rings. The van der Waals surface area contributed by atoms with Crippen LogP contribution in [0.2, 0.25) is 0 Å². The topological polar surface area (TPSA) is 61.9 Å². The Balaban J connectivity index is 1.99. The van der Waals surface area contributed by atoms with E-state index in [-0.39, 0.29) is 18.0 Å². The average Bonchev–Trinajstić information content (AvgIpc) is 2.95. The molecule has 3 amide bonds. The number of urea groups is 1. The van der Waals surface area contributed by atoms with Gasteiger partial charge in [0.05, 0.1) is 31.0 Å². The number of nitrogens with zero attached hydrogens (tertiary/aromatic N) is 2. The van der Waals surface area contributed by atoms with Gasteiger partial charge in [0.25, 0.3) is 5.91 Å². The molecule has 0 saturated heterocycles. The number of rotatable bonds is 4. The zero-order valence-electron chi connectivity index (χ0n) is 15.4. The van der Waals surface area contributed by atoms with Crippen LogP contribution in [0.4, 0.5) is 4.79 Å². The van der Waals surface area contributed by atoms with Gasteiger partial charge in [0, 0.05) is 13.1 Å². The second-order valence-corrected chi connectivity index (χ2v) is 6.99. The number of likely N-dealkylation sites (N-methyl/N-ethyl adjacent to an activating group) is 1. The molecule has 0 bridgehead atoms. The van der Waals surface area contributed by atoms with E-state index in [0.717, 1.165) is 17.0 Å². The monoisotopic (exact) mass is 343 g/mol. The maximum absolute atomic E-state index is 13.1. The molecule has 0 aliphatic carbocycles. The molecular formula is C19H25N3O3. The third-order valence-corrected chi connectivity index (χ3v) is 5.29. The number of benzene rings is 1. The van der Waals surface area contributed by atoms with Crippen LogP contribution in [-0.2, 0) is 4.79 Å². The fourth-order valence-corrected chi connectivity index (χ4v) is 3.32. The van der Waals surface area contributed by atoms with Gasteiger partial charge < -0.3 is 15.0 Å². The van der Waals surface area contributed by atoms with Crippen LogP contribution in [0.1, 0.15) is 32.4 Å². The lowest BCUT2D eigenvalue weighted by Gasteiger charge is -2.31. The summed E-state index contributed by atoms with van der Waals surface area (Å²) in [7, 11) is 3.32. The third-order valence-electron chi connectivity index (χ3n) is 5.29. The normalized spacial score (nSPS) is 21.6. The highest BCUT2D eigenvalue weighted by atomic mass is 16.5. The Morgan fingerprint density at radius 1 is 1.16 bits per heavy atom. The van der Waals surface area contributed by atoms with Crippen molar-refractivity contribution in [1.82, 2.24) is 15.1 Å². The highest BCUT2D eigenvalue weighted by Gasteiger charge is 2.44. The highest BCUT2D eigenvalue weighted by Crippen LogP contribution is 2.37. The fourth-order valence-electron chi connectivity index (χ4n) is 3.32. The first-order chi connectivity index (χ1) is 11.8. The van der Waals surface area contributed by atoms with Crippen LogP contribution in [-0.4, -0.2) is 48.5 Å². The Labute approximate surface area is 148 Å². The SMILES string of the molecule is COc1ccc(C2NC(=O)N(C)C3=C2C(=O)N(C(C)C(C)C)C3)cc1.